The molecule has 0 amide bonds. The summed E-state index contributed by atoms with van der Waals surface area (Å²) < 4.78 is 0. The molecule has 0 aromatic heterocycles. The molecule has 2 rings (SSSR count). The van der Waals surface area contributed by atoms with Crippen molar-refractivity contribution in [2.45, 2.75) is 33.6 Å². The van der Waals surface area contributed by atoms with Crippen molar-refractivity contribution < 1.29 is 9.90 Å². The second-order valence-electron chi connectivity index (χ2n) is 5.72. The van der Waals surface area contributed by atoms with E-state index in [4.69, 9.17) is 0 Å². The Morgan fingerprint density at radius 2 is 1.84 bits per heavy atom. The molecular weight excluding hydrogens is 240 g/mol. The maximum absolute atomic E-state index is 12.0. The molecule has 4 nitrogen and oxygen atoms in total. The number of azo groups is 1. The molecule has 19 heavy (non-hydrogen) atoms. The number of aliphatic hydroxyl groups excluding tert-OH is 1. The Bertz CT molecular complexity index is 571. The summed E-state index contributed by atoms with van der Waals surface area (Å²) in [6.07, 6.45) is 0.847. The second-order valence-corrected chi connectivity index (χ2v) is 5.72. The lowest BCUT2D eigenvalue weighted by atomic mass is 9.78. The van der Waals surface area contributed by atoms with E-state index >= 15 is 0 Å². The zero-order valence-electron chi connectivity index (χ0n) is 11.5. The molecule has 1 aliphatic rings. The fourth-order valence-corrected chi connectivity index (χ4v) is 2.17. The molecule has 0 atom stereocenters. The van der Waals surface area contributed by atoms with E-state index < -0.39 is 0 Å². The van der Waals surface area contributed by atoms with Crippen LogP contribution in [0.4, 0.5) is 5.69 Å². The van der Waals surface area contributed by atoms with Crippen LogP contribution < -0.4 is 0 Å². The Labute approximate surface area is 112 Å². The topological polar surface area (TPSA) is 62.0 Å². The van der Waals surface area contributed by atoms with E-state index in [-0.39, 0.29) is 22.7 Å². The summed E-state index contributed by atoms with van der Waals surface area (Å²) in [5.41, 5.74) is 1.58. The van der Waals surface area contributed by atoms with Crippen molar-refractivity contribution >= 4 is 11.5 Å². The first kappa shape index (κ1) is 13.5. The zero-order valence-corrected chi connectivity index (χ0v) is 11.5. The Kier molecular flexibility index (Phi) is 3.51. The predicted molar refractivity (Wildman–Crippen MR) is 73.4 cm³/mol. The zero-order chi connectivity index (χ0) is 14.0. The summed E-state index contributed by atoms with van der Waals surface area (Å²) in [7, 11) is 0. The van der Waals surface area contributed by atoms with E-state index in [1.807, 2.05) is 45.0 Å². The number of hydrogen-bond donors (Lipinski definition) is 1. The van der Waals surface area contributed by atoms with Crippen LogP contribution in [0, 0.1) is 12.3 Å². The maximum Gasteiger partial charge on any atom is 0.187 e. The SMILES string of the molecule is Cc1ccccc1N=NC1=C(O)CC(C)(C)CC1=O. The Morgan fingerprint density at radius 1 is 1.16 bits per heavy atom. The minimum Gasteiger partial charge on any atom is -0.510 e. The number of aliphatic hydroxyl groups is 1. The molecule has 1 aromatic carbocycles. The van der Waals surface area contributed by atoms with Gasteiger partial charge in [-0.3, -0.25) is 4.79 Å². The van der Waals surface area contributed by atoms with Crippen LogP contribution in [-0.2, 0) is 4.79 Å². The van der Waals surface area contributed by atoms with Crippen molar-refractivity contribution in [1.82, 2.24) is 0 Å². The molecule has 0 spiro atoms. The van der Waals surface area contributed by atoms with Crippen LogP contribution in [-0.4, -0.2) is 10.9 Å². The smallest absolute Gasteiger partial charge is 0.187 e. The number of aryl methyl sites for hydroxylation is 1. The van der Waals surface area contributed by atoms with Crippen molar-refractivity contribution in [3.63, 3.8) is 0 Å². The summed E-state index contributed by atoms with van der Waals surface area (Å²) in [4.78, 5) is 12.0. The van der Waals surface area contributed by atoms with Crippen LogP contribution in [0.3, 0.4) is 0 Å². The van der Waals surface area contributed by atoms with Gasteiger partial charge < -0.3 is 5.11 Å². The van der Waals surface area contributed by atoms with Gasteiger partial charge in [-0.15, -0.1) is 5.11 Å². The van der Waals surface area contributed by atoms with Crippen molar-refractivity contribution in [2.75, 3.05) is 0 Å². The van der Waals surface area contributed by atoms with Crippen LogP contribution >= 0.6 is 0 Å². The van der Waals surface area contributed by atoms with Crippen LogP contribution in [0.1, 0.15) is 32.3 Å². The van der Waals surface area contributed by atoms with Crippen molar-refractivity contribution in [3.05, 3.63) is 41.3 Å². The summed E-state index contributed by atoms with van der Waals surface area (Å²) in [5.74, 6) is -0.107. The Hall–Kier alpha value is -1.97. The number of allylic oxidation sites excluding steroid dienone is 2. The van der Waals surface area contributed by atoms with Gasteiger partial charge in [-0.05, 0) is 24.0 Å². The number of rotatable bonds is 2. The highest BCUT2D eigenvalue weighted by atomic mass is 16.3. The number of hydrogen-bond acceptors (Lipinski definition) is 4. The van der Waals surface area contributed by atoms with Gasteiger partial charge in [0, 0.05) is 12.8 Å². The van der Waals surface area contributed by atoms with E-state index in [1.165, 1.54) is 0 Å². The average molecular weight is 258 g/mol. The number of nitrogens with zero attached hydrogens (tertiary/aromatic N) is 2. The van der Waals surface area contributed by atoms with Crippen molar-refractivity contribution in [3.8, 4) is 0 Å². The van der Waals surface area contributed by atoms with Gasteiger partial charge in [0.05, 0.1) is 5.69 Å². The Morgan fingerprint density at radius 3 is 2.47 bits per heavy atom. The standard InChI is InChI=1S/C15H18N2O2/c1-10-6-4-5-7-11(10)16-17-14-12(18)8-15(2,3)9-13(14)19/h4-7,18H,8-9H2,1-3H3. The largest absolute Gasteiger partial charge is 0.510 e. The number of carbonyl (C=O) groups is 1. The van der Waals surface area contributed by atoms with Crippen LogP contribution in [0.15, 0.2) is 46.0 Å². The van der Waals surface area contributed by atoms with Gasteiger partial charge in [-0.2, -0.15) is 5.11 Å². The molecule has 1 aliphatic carbocycles. The molecule has 4 heteroatoms. The molecule has 100 valence electrons. The number of carbonyl (C=O) groups excluding carboxylic acids is 1. The van der Waals surface area contributed by atoms with Gasteiger partial charge in [0.25, 0.3) is 0 Å². The molecular formula is C15H18N2O2. The minimum absolute atomic E-state index is 0.0404. The predicted octanol–water partition coefficient (Wildman–Crippen LogP) is 4.24. The minimum atomic E-state index is -0.206. The van der Waals surface area contributed by atoms with Gasteiger partial charge in [0.2, 0.25) is 0 Å². The van der Waals surface area contributed by atoms with Gasteiger partial charge >= 0.3 is 0 Å². The van der Waals surface area contributed by atoms with E-state index in [0.717, 1.165) is 5.56 Å². The highest BCUT2D eigenvalue weighted by molar-refractivity contribution is 5.96. The quantitative estimate of drug-likeness (QED) is 0.806. The Balaban J connectivity index is 2.28. The monoisotopic (exact) mass is 258 g/mol. The summed E-state index contributed by atoms with van der Waals surface area (Å²) >= 11 is 0. The molecule has 0 heterocycles. The molecule has 0 aliphatic heterocycles. The normalized spacial score (nSPS) is 19.2. The van der Waals surface area contributed by atoms with Crippen molar-refractivity contribution in [2.24, 2.45) is 15.6 Å². The van der Waals surface area contributed by atoms with E-state index in [1.54, 1.807) is 0 Å². The first-order chi connectivity index (χ1) is 8.89. The average Bonchev–Trinajstić information content (AvgIpc) is 2.28. The highest BCUT2D eigenvalue weighted by Crippen LogP contribution is 2.36. The summed E-state index contributed by atoms with van der Waals surface area (Å²) in [6, 6.07) is 7.53. The molecule has 0 saturated carbocycles. The van der Waals surface area contributed by atoms with E-state index in [0.29, 0.717) is 18.5 Å². The lowest BCUT2D eigenvalue weighted by molar-refractivity contribution is -0.118. The molecule has 0 bridgehead atoms. The first-order valence-electron chi connectivity index (χ1n) is 6.32. The molecule has 0 unspecified atom stereocenters. The summed E-state index contributed by atoms with van der Waals surface area (Å²) in [6.45, 7) is 5.83. The van der Waals surface area contributed by atoms with Crippen LogP contribution in [0.5, 0.6) is 0 Å². The highest BCUT2D eigenvalue weighted by Gasteiger charge is 2.33. The third kappa shape index (κ3) is 3.08. The maximum atomic E-state index is 12.0. The number of benzene rings is 1. The second kappa shape index (κ2) is 4.96. The van der Waals surface area contributed by atoms with Gasteiger partial charge in [0.1, 0.15) is 5.76 Å². The molecule has 1 N–H and O–H groups in total. The van der Waals surface area contributed by atoms with Gasteiger partial charge in [-0.25, -0.2) is 0 Å². The molecule has 0 radical (unpaired) electrons. The number of ketones is 1. The van der Waals surface area contributed by atoms with Gasteiger partial charge in [0.15, 0.2) is 11.5 Å². The lowest BCUT2D eigenvalue weighted by Gasteiger charge is -2.27. The van der Waals surface area contributed by atoms with Gasteiger partial charge in [-0.1, -0.05) is 32.0 Å². The van der Waals surface area contributed by atoms with E-state index in [9.17, 15) is 9.90 Å². The fraction of sp³-hybridized carbons (Fsp3) is 0.400. The molecule has 1 aromatic rings. The first-order valence-corrected chi connectivity index (χ1v) is 6.32. The third-order valence-corrected chi connectivity index (χ3v) is 3.20. The molecule has 0 fully saturated rings. The fourth-order valence-electron chi connectivity index (χ4n) is 2.17. The van der Waals surface area contributed by atoms with Crippen molar-refractivity contribution in [1.29, 1.82) is 0 Å². The molecule has 0 saturated heterocycles. The summed E-state index contributed by atoms with van der Waals surface area (Å²) in [5, 5.41) is 17.9. The number of Topliss-reactive ketones (excluding diaryl/α,β-unsaturated/α-hetero) is 1. The van der Waals surface area contributed by atoms with Crippen LogP contribution in [0.2, 0.25) is 0 Å². The van der Waals surface area contributed by atoms with Crippen LogP contribution in [0.25, 0.3) is 0 Å². The third-order valence-electron chi connectivity index (χ3n) is 3.20. The lowest BCUT2D eigenvalue weighted by Crippen LogP contribution is -2.25. The van der Waals surface area contributed by atoms with E-state index in [2.05, 4.69) is 10.2 Å².